The van der Waals surface area contributed by atoms with Crippen LogP contribution in [0.15, 0.2) is 11.2 Å². The van der Waals surface area contributed by atoms with Gasteiger partial charge in [-0.2, -0.15) is 0 Å². The van der Waals surface area contributed by atoms with Gasteiger partial charge >= 0.3 is 0 Å². The van der Waals surface area contributed by atoms with Gasteiger partial charge in [-0.25, -0.2) is 4.98 Å². The molecule has 1 aromatic heterocycles. The maximum Gasteiger partial charge on any atom is 0.193 e. The van der Waals surface area contributed by atoms with Crippen LogP contribution in [-0.2, 0) is 19.4 Å². The van der Waals surface area contributed by atoms with Crippen LogP contribution in [0.1, 0.15) is 63.9 Å². The largest absolute Gasteiger partial charge is 0.356 e. The Labute approximate surface area is 152 Å². The highest BCUT2D eigenvalue weighted by Crippen LogP contribution is 2.33. The molecule has 2 aliphatic heterocycles. The van der Waals surface area contributed by atoms with Crippen molar-refractivity contribution in [3.8, 4) is 0 Å². The summed E-state index contributed by atoms with van der Waals surface area (Å²) >= 11 is 0. The maximum atomic E-state index is 4.80. The highest BCUT2D eigenvalue weighted by Gasteiger charge is 2.31. The molecule has 1 aromatic rings. The van der Waals surface area contributed by atoms with E-state index in [1.165, 1.54) is 50.0 Å². The number of aryl methyl sites for hydroxylation is 2. The molecule has 1 fully saturated rings. The Morgan fingerprint density at radius 2 is 2.20 bits per heavy atom. The SMILES string of the molecule is CCCC1(C)CCCN(C(=NC)NCCc2cn3c(n2)CCCC3)C1. The topological polar surface area (TPSA) is 45.5 Å². The average Bonchev–Trinajstić information content (AvgIpc) is 3.01. The van der Waals surface area contributed by atoms with Gasteiger partial charge in [-0.15, -0.1) is 0 Å². The molecular weight excluding hydrogens is 310 g/mol. The average molecular weight is 346 g/mol. The molecule has 5 nitrogen and oxygen atoms in total. The third-order valence-electron chi connectivity index (χ3n) is 5.77. The van der Waals surface area contributed by atoms with Gasteiger partial charge in [0.25, 0.3) is 0 Å². The van der Waals surface area contributed by atoms with Crippen molar-refractivity contribution in [1.82, 2.24) is 19.8 Å². The van der Waals surface area contributed by atoms with Crippen molar-refractivity contribution in [2.75, 3.05) is 26.7 Å². The molecule has 1 N–H and O–H groups in total. The van der Waals surface area contributed by atoms with Crippen LogP contribution in [0.25, 0.3) is 0 Å². The van der Waals surface area contributed by atoms with Crippen molar-refractivity contribution in [2.45, 2.75) is 71.8 Å². The zero-order valence-electron chi connectivity index (χ0n) is 16.4. The number of piperidine rings is 1. The zero-order chi connectivity index (χ0) is 17.7. The van der Waals surface area contributed by atoms with E-state index in [1.54, 1.807) is 0 Å². The van der Waals surface area contributed by atoms with Crippen LogP contribution in [0.3, 0.4) is 0 Å². The fourth-order valence-corrected chi connectivity index (χ4v) is 4.53. The second kappa shape index (κ2) is 8.24. The third-order valence-corrected chi connectivity index (χ3v) is 5.77. The van der Waals surface area contributed by atoms with Crippen molar-refractivity contribution in [2.24, 2.45) is 10.4 Å². The maximum absolute atomic E-state index is 4.80. The second-order valence-electron chi connectivity index (χ2n) is 8.11. The van der Waals surface area contributed by atoms with Crippen LogP contribution in [0.4, 0.5) is 0 Å². The van der Waals surface area contributed by atoms with Gasteiger partial charge in [-0.05, 0) is 37.5 Å². The van der Waals surface area contributed by atoms with Crippen molar-refractivity contribution < 1.29 is 0 Å². The van der Waals surface area contributed by atoms with Gasteiger partial charge < -0.3 is 14.8 Å². The minimum Gasteiger partial charge on any atom is -0.356 e. The summed E-state index contributed by atoms with van der Waals surface area (Å²) < 4.78 is 2.34. The predicted molar refractivity (Wildman–Crippen MR) is 104 cm³/mol. The number of imidazole rings is 1. The number of nitrogens with zero attached hydrogens (tertiary/aromatic N) is 4. The van der Waals surface area contributed by atoms with Gasteiger partial charge in [0.05, 0.1) is 5.69 Å². The molecule has 0 amide bonds. The quantitative estimate of drug-likeness (QED) is 0.658. The lowest BCUT2D eigenvalue weighted by Crippen LogP contribution is -2.50. The van der Waals surface area contributed by atoms with Crippen molar-refractivity contribution >= 4 is 5.96 Å². The molecule has 1 atom stereocenters. The first-order valence-corrected chi connectivity index (χ1v) is 10.1. The molecule has 3 heterocycles. The molecule has 0 aliphatic carbocycles. The van der Waals surface area contributed by atoms with E-state index in [0.29, 0.717) is 5.41 Å². The molecule has 0 spiro atoms. The Morgan fingerprint density at radius 1 is 1.32 bits per heavy atom. The Bertz CT molecular complexity index is 563. The fraction of sp³-hybridized carbons (Fsp3) is 0.800. The Balaban J connectivity index is 1.51. The summed E-state index contributed by atoms with van der Waals surface area (Å²) in [4.78, 5) is 11.8. The number of rotatable bonds is 5. The lowest BCUT2D eigenvalue weighted by Gasteiger charge is -2.42. The van der Waals surface area contributed by atoms with E-state index >= 15 is 0 Å². The predicted octanol–water partition coefficient (Wildman–Crippen LogP) is 3.24. The van der Waals surface area contributed by atoms with Crippen LogP contribution >= 0.6 is 0 Å². The molecule has 0 bridgehead atoms. The summed E-state index contributed by atoms with van der Waals surface area (Å²) in [6, 6.07) is 0. The smallest absolute Gasteiger partial charge is 0.193 e. The van der Waals surface area contributed by atoms with Crippen LogP contribution < -0.4 is 5.32 Å². The highest BCUT2D eigenvalue weighted by molar-refractivity contribution is 5.80. The van der Waals surface area contributed by atoms with Gasteiger partial charge in [0.15, 0.2) is 5.96 Å². The molecule has 0 radical (unpaired) electrons. The van der Waals surface area contributed by atoms with Gasteiger partial charge in [0.1, 0.15) is 5.82 Å². The summed E-state index contributed by atoms with van der Waals surface area (Å²) in [6.07, 6.45) is 12.1. The van der Waals surface area contributed by atoms with Crippen molar-refractivity contribution in [3.63, 3.8) is 0 Å². The van der Waals surface area contributed by atoms with Crippen LogP contribution in [0.5, 0.6) is 0 Å². The Kier molecular flexibility index (Phi) is 6.02. The molecule has 25 heavy (non-hydrogen) atoms. The first-order chi connectivity index (χ1) is 12.1. The minimum atomic E-state index is 0.438. The lowest BCUT2D eigenvalue weighted by atomic mass is 9.78. The molecule has 5 heteroatoms. The number of guanidine groups is 1. The first kappa shape index (κ1) is 18.3. The number of hydrogen-bond donors (Lipinski definition) is 1. The molecule has 140 valence electrons. The molecule has 0 saturated carbocycles. The molecule has 1 saturated heterocycles. The van der Waals surface area contributed by atoms with Crippen LogP contribution in [-0.4, -0.2) is 47.1 Å². The van der Waals surface area contributed by atoms with Crippen LogP contribution in [0.2, 0.25) is 0 Å². The number of likely N-dealkylation sites (tertiary alicyclic amines) is 1. The number of fused-ring (bicyclic) bond motifs is 1. The van der Waals surface area contributed by atoms with Crippen molar-refractivity contribution in [3.05, 3.63) is 17.7 Å². The van der Waals surface area contributed by atoms with E-state index in [9.17, 15) is 0 Å². The van der Waals surface area contributed by atoms with E-state index in [1.807, 2.05) is 7.05 Å². The number of nitrogens with one attached hydrogen (secondary N) is 1. The van der Waals surface area contributed by atoms with E-state index in [2.05, 4.69) is 39.8 Å². The van der Waals surface area contributed by atoms with E-state index in [-0.39, 0.29) is 0 Å². The second-order valence-corrected chi connectivity index (χ2v) is 8.11. The third kappa shape index (κ3) is 4.56. The van der Waals surface area contributed by atoms with E-state index in [4.69, 9.17) is 4.98 Å². The molecular formula is C20H35N5. The summed E-state index contributed by atoms with van der Waals surface area (Å²) in [5, 5.41) is 3.57. The normalized spacial score (nSPS) is 24.3. The summed E-state index contributed by atoms with van der Waals surface area (Å²) in [7, 11) is 1.91. The lowest BCUT2D eigenvalue weighted by molar-refractivity contribution is 0.142. The standard InChI is InChI=1S/C20H35N5/c1-4-10-20(2)11-7-14-25(16-20)19(21-3)22-12-9-17-15-24-13-6-5-8-18(24)23-17/h15H,4-14,16H2,1-3H3,(H,21,22). The van der Waals surface area contributed by atoms with Crippen LogP contribution in [0, 0.1) is 5.41 Å². The number of aromatic nitrogens is 2. The van der Waals surface area contributed by atoms with Gasteiger partial charge in [0, 0.05) is 52.3 Å². The highest BCUT2D eigenvalue weighted by atomic mass is 15.3. The zero-order valence-corrected chi connectivity index (χ0v) is 16.4. The fourth-order valence-electron chi connectivity index (χ4n) is 4.53. The summed E-state index contributed by atoms with van der Waals surface area (Å²) in [5.74, 6) is 2.34. The van der Waals surface area contributed by atoms with E-state index in [0.717, 1.165) is 45.0 Å². The molecule has 2 aliphatic rings. The summed E-state index contributed by atoms with van der Waals surface area (Å²) in [6.45, 7) is 9.02. The van der Waals surface area contributed by atoms with Gasteiger partial charge in [0.2, 0.25) is 0 Å². The molecule has 0 aromatic carbocycles. The first-order valence-electron chi connectivity index (χ1n) is 10.1. The molecule has 3 rings (SSSR count). The monoisotopic (exact) mass is 345 g/mol. The molecule has 1 unspecified atom stereocenters. The van der Waals surface area contributed by atoms with E-state index < -0.39 is 0 Å². The minimum absolute atomic E-state index is 0.438. The summed E-state index contributed by atoms with van der Waals surface area (Å²) in [5.41, 5.74) is 1.66. The van der Waals surface area contributed by atoms with Gasteiger partial charge in [-0.3, -0.25) is 4.99 Å². The van der Waals surface area contributed by atoms with Crippen molar-refractivity contribution in [1.29, 1.82) is 0 Å². The van der Waals surface area contributed by atoms with Gasteiger partial charge in [-0.1, -0.05) is 20.3 Å². The number of aliphatic imine (C=N–C) groups is 1. The Morgan fingerprint density at radius 3 is 2.96 bits per heavy atom. The number of hydrogen-bond acceptors (Lipinski definition) is 2. The Hall–Kier alpha value is -1.52.